The molecule has 4 rings (SSSR count). The zero-order chi connectivity index (χ0) is 19.7. The molecule has 28 heavy (non-hydrogen) atoms. The van der Waals surface area contributed by atoms with E-state index >= 15 is 0 Å². The van der Waals surface area contributed by atoms with E-state index in [2.05, 4.69) is 5.32 Å². The highest BCUT2D eigenvalue weighted by atomic mass is 16.5. The number of carbonyl (C=O) groups is 2. The van der Waals surface area contributed by atoms with Crippen LogP contribution in [0.2, 0.25) is 0 Å². The van der Waals surface area contributed by atoms with Gasteiger partial charge in [0.25, 0.3) is 0 Å². The molecule has 1 N–H and O–H groups in total. The molecule has 0 saturated carbocycles. The van der Waals surface area contributed by atoms with Crippen LogP contribution in [0.5, 0.6) is 5.75 Å². The van der Waals surface area contributed by atoms with Crippen LogP contribution < -0.4 is 10.1 Å². The van der Waals surface area contributed by atoms with Crippen molar-refractivity contribution in [3.8, 4) is 5.75 Å². The number of benzene rings is 2. The molecule has 0 bridgehead atoms. The molecule has 0 atom stereocenters. The Balaban J connectivity index is 1.26. The predicted molar refractivity (Wildman–Crippen MR) is 108 cm³/mol. The van der Waals surface area contributed by atoms with Crippen molar-refractivity contribution in [3.63, 3.8) is 0 Å². The summed E-state index contributed by atoms with van der Waals surface area (Å²) in [5.41, 5.74) is 2.88. The molecule has 2 heterocycles. The van der Waals surface area contributed by atoms with Gasteiger partial charge in [-0.25, -0.2) is 0 Å². The number of rotatable bonds is 4. The standard InChI is InChI=1S/C22H23N3O3/c1-15-3-6-19(7-4-15)28-14-16-12-25(13-16)22(27)21(26)23-18-5-8-20-17(11-18)9-10-24(20)2/h3-11,16H,12-14H2,1-2H3,(H,23,26). The maximum Gasteiger partial charge on any atom is 0.313 e. The first kappa shape index (κ1) is 18.1. The summed E-state index contributed by atoms with van der Waals surface area (Å²) in [6.07, 6.45) is 1.96. The summed E-state index contributed by atoms with van der Waals surface area (Å²) < 4.78 is 7.76. The Hall–Kier alpha value is -3.28. The van der Waals surface area contributed by atoms with Crippen LogP contribution in [0.4, 0.5) is 5.69 Å². The molecule has 0 unspecified atom stereocenters. The molecule has 6 heteroatoms. The van der Waals surface area contributed by atoms with Crippen molar-refractivity contribution in [2.45, 2.75) is 6.92 Å². The average molecular weight is 377 g/mol. The number of aryl methyl sites for hydroxylation is 2. The van der Waals surface area contributed by atoms with Crippen molar-refractivity contribution in [3.05, 3.63) is 60.3 Å². The van der Waals surface area contributed by atoms with Gasteiger partial charge in [0.2, 0.25) is 0 Å². The van der Waals surface area contributed by atoms with E-state index in [1.165, 1.54) is 5.56 Å². The number of aromatic nitrogens is 1. The molecule has 1 aliphatic heterocycles. The smallest absolute Gasteiger partial charge is 0.313 e. The fourth-order valence-corrected chi connectivity index (χ4v) is 3.38. The highest BCUT2D eigenvalue weighted by molar-refractivity contribution is 6.39. The number of anilines is 1. The molecule has 0 spiro atoms. The van der Waals surface area contributed by atoms with Crippen LogP contribution >= 0.6 is 0 Å². The van der Waals surface area contributed by atoms with Gasteiger partial charge in [-0.2, -0.15) is 0 Å². The van der Waals surface area contributed by atoms with Crippen LogP contribution in [0.25, 0.3) is 10.9 Å². The largest absolute Gasteiger partial charge is 0.493 e. The lowest BCUT2D eigenvalue weighted by atomic mass is 10.0. The minimum Gasteiger partial charge on any atom is -0.493 e. The van der Waals surface area contributed by atoms with Gasteiger partial charge in [0.05, 0.1) is 6.61 Å². The fraction of sp³-hybridized carbons (Fsp3) is 0.273. The third-order valence-electron chi connectivity index (χ3n) is 5.09. The number of nitrogens with zero attached hydrogens (tertiary/aromatic N) is 2. The maximum absolute atomic E-state index is 12.3. The lowest BCUT2D eigenvalue weighted by Gasteiger charge is -2.38. The molecule has 2 amide bonds. The Morgan fingerprint density at radius 3 is 2.61 bits per heavy atom. The van der Waals surface area contributed by atoms with Gasteiger partial charge in [0.15, 0.2) is 0 Å². The molecular weight excluding hydrogens is 354 g/mol. The van der Waals surface area contributed by atoms with E-state index in [1.54, 1.807) is 4.90 Å². The highest BCUT2D eigenvalue weighted by Gasteiger charge is 2.34. The van der Waals surface area contributed by atoms with Crippen LogP contribution in [0.15, 0.2) is 54.7 Å². The first-order valence-electron chi connectivity index (χ1n) is 9.34. The summed E-state index contributed by atoms with van der Waals surface area (Å²) in [4.78, 5) is 26.1. The Bertz CT molecular complexity index is 1020. The molecule has 0 radical (unpaired) electrons. The number of likely N-dealkylation sites (tertiary alicyclic amines) is 1. The van der Waals surface area contributed by atoms with Crippen LogP contribution in [-0.4, -0.2) is 41.0 Å². The lowest BCUT2D eigenvalue weighted by Crippen LogP contribution is -2.55. The minimum absolute atomic E-state index is 0.249. The van der Waals surface area contributed by atoms with Crippen molar-refractivity contribution in [1.29, 1.82) is 0 Å². The monoisotopic (exact) mass is 377 g/mol. The van der Waals surface area contributed by atoms with Crippen LogP contribution in [0.1, 0.15) is 5.56 Å². The third-order valence-corrected chi connectivity index (χ3v) is 5.09. The molecule has 144 valence electrons. The highest BCUT2D eigenvalue weighted by Crippen LogP contribution is 2.21. The number of carbonyl (C=O) groups excluding carboxylic acids is 2. The Kier molecular flexibility index (Phi) is 4.77. The van der Waals surface area contributed by atoms with E-state index < -0.39 is 11.8 Å². The molecule has 2 aromatic carbocycles. The number of ether oxygens (including phenoxy) is 1. The van der Waals surface area contributed by atoms with Crippen molar-refractivity contribution >= 4 is 28.4 Å². The first-order chi connectivity index (χ1) is 13.5. The van der Waals surface area contributed by atoms with Crippen LogP contribution in [-0.2, 0) is 16.6 Å². The summed E-state index contributed by atoms with van der Waals surface area (Å²) in [5.74, 6) is -0.0314. The molecule has 1 aromatic heterocycles. The van der Waals surface area contributed by atoms with Crippen LogP contribution in [0, 0.1) is 12.8 Å². The van der Waals surface area contributed by atoms with E-state index in [-0.39, 0.29) is 5.92 Å². The molecule has 1 aliphatic rings. The summed E-state index contributed by atoms with van der Waals surface area (Å²) in [5, 5.41) is 3.72. The molecule has 1 fully saturated rings. The van der Waals surface area contributed by atoms with Gasteiger partial charge in [-0.3, -0.25) is 9.59 Å². The van der Waals surface area contributed by atoms with Gasteiger partial charge in [-0.1, -0.05) is 17.7 Å². The topological polar surface area (TPSA) is 63.6 Å². The van der Waals surface area contributed by atoms with E-state index in [9.17, 15) is 9.59 Å². The number of amides is 2. The van der Waals surface area contributed by atoms with Gasteiger partial charge in [-0.05, 0) is 43.3 Å². The maximum atomic E-state index is 12.3. The van der Waals surface area contributed by atoms with E-state index in [4.69, 9.17) is 4.74 Å². The normalized spacial score (nSPS) is 14.0. The summed E-state index contributed by atoms with van der Waals surface area (Å²) in [7, 11) is 1.97. The Labute approximate surface area is 163 Å². The van der Waals surface area contributed by atoms with Gasteiger partial charge >= 0.3 is 11.8 Å². The van der Waals surface area contributed by atoms with E-state index in [1.807, 2.05) is 73.3 Å². The van der Waals surface area contributed by atoms with E-state index in [0.717, 1.165) is 16.7 Å². The summed E-state index contributed by atoms with van der Waals surface area (Å²) >= 11 is 0. The second-order valence-corrected chi connectivity index (χ2v) is 7.35. The molecule has 1 saturated heterocycles. The summed E-state index contributed by atoms with van der Waals surface area (Å²) in [6.45, 7) is 3.65. The number of fused-ring (bicyclic) bond motifs is 1. The minimum atomic E-state index is -0.604. The molecular formula is C22H23N3O3. The second kappa shape index (κ2) is 7.38. The predicted octanol–water partition coefficient (Wildman–Crippen LogP) is 2.96. The summed E-state index contributed by atoms with van der Waals surface area (Å²) in [6, 6.07) is 15.5. The molecule has 3 aromatic rings. The average Bonchev–Trinajstić information content (AvgIpc) is 3.02. The Morgan fingerprint density at radius 1 is 1.11 bits per heavy atom. The quantitative estimate of drug-likeness (QED) is 0.711. The van der Waals surface area contributed by atoms with Crippen molar-refractivity contribution in [2.24, 2.45) is 13.0 Å². The van der Waals surface area contributed by atoms with Crippen molar-refractivity contribution in [2.75, 3.05) is 25.0 Å². The SMILES string of the molecule is Cc1ccc(OCC2CN(C(=O)C(=O)Nc3ccc4c(ccn4C)c3)C2)cc1. The fourth-order valence-electron chi connectivity index (χ4n) is 3.38. The van der Waals surface area contributed by atoms with Gasteiger partial charge in [0.1, 0.15) is 5.75 Å². The zero-order valence-corrected chi connectivity index (χ0v) is 16.0. The molecule has 0 aliphatic carbocycles. The number of nitrogens with one attached hydrogen (secondary N) is 1. The zero-order valence-electron chi connectivity index (χ0n) is 16.0. The van der Waals surface area contributed by atoms with Gasteiger partial charge in [-0.15, -0.1) is 0 Å². The van der Waals surface area contributed by atoms with Gasteiger partial charge < -0.3 is 19.5 Å². The third kappa shape index (κ3) is 3.71. The van der Waals surface area contributed by atoms with E-state index in [0.29, 0.717) is 25.4 Å². The van der Waals surface area contributed by atoms with Crippen molar-refractivity contribution in [1.82, 2.24) is 9.47 Å². The molecule has 6 nitrogen and oxygen atoms in total. The Morgan fingerprint density at radius 2 is 1.86 bits per heavy atom. The van der Waals surface area contributed by atoms with Crippen molar-refractivity contribution < 1.29 is 14.3 Å². The number of hydrogen-bond acceptors (Lipinski definition) is 3. The van der Waals surface area contributed by atoms with Crippen LogP contribution in [0.3, 0.4) is 0 Å². The first-order valence-corrected chi connectivity index (χ1v) is 9.34. The van der Waals surface area contributed by atoms with Gasteiger partial charge in [0, 0.05) is 48.8 Å². The lowest BCUT2D eigenvalue weighted by molar-refractivity contribution is -0.148. The second-order valence-electron chi connectivity index (χ2n) is 7.35. The number of hydrogen-bond donors (Lipinski definition) is 1.